The highest BCUT2D eigenvalue weighted by atomic mass is 79.9. The monoisotopic (exact) mass is 404 g/mol. The van der Waals surface area contributed by atoms with Crippen molar-refractivity contribution in [3.05, 3.63) is 69.7 Å². The zero-order chi connectivity index (χ0) is 18.3. The van der Waals surface area contributed by atoms with Gasteiger partial charge in [-0.2, -0.15) is 0 Å². The normalized spacial score (nSPS) is 11.9. The molecule has 0 heterocycles. The first-order chi connectivity index (χ1) is 12.0. The molecule has 0 fully saturated rings. The second-order valence-corrected chi connectivity index (χ2v) is 8.16. The summed E-state index contributed by atoms with van der Waals surface area (Å²) in [6.45, 7) is 5.79. The lowest BCUT2D eigenvalue weighted by molar-refractivity contribution is 0.0102. The third-order valence-corrected chi connectivity index (χ3v) is 5.15. The highest BCUT2D eigenvalue weighted by Crippen LogP contribution is 2.30. The van der Waals surface area contributed by atoms with Crippen LogP contribution in [0.4, 0.5) is 0 Å². The molecular formula is C22H29BrO2. The second-order valence-electron chi connectivity index (χ2n) is 7.24. The van der Waals surface area contributed by atoms with Crippen LogP contribution in [0.15, 0.2) is 53.0 Å². The second kappa shape index (κ2) is 9.51. The molecule has 3 heteroatoms. The topological polar surface area (TPSA) is 18.5 Å². The molecule has 2 rings (SSSR count). The van der Waals surface area contributed by atoms with Gasteiger partial charge in [0.1, 0.15) is 0 Å². The molecule has 0 aliphatic heterocycles. The van der Waals surface area contributed by atoms with Gasteiger partial charge < -0.3 is 9.47 Å². The molecule has 0 N–H and O–H groups in total. The SMILES string of the molecule is COCC(COC)(Cc1ccc(Br)cc1)Cc1ccc(C(C)C)cc1. The van der Waals surface area contributed by atoms with E-state index in [-0.39, 0.29) is 5.41 Å². The van der Waals surface area contributed by atoms with Crippen molar-refractivity contribution >= 4 is 15.9 Å². The Morgan fingerprint density at radius 3 is 1.64 bits per heavy atom. The van der Waals surface area contributed by atoms with Gasteiger partial charge in [0.2, 0.25) is 0 Å². The first kappa shape index (κ1) is 20.2. The predicted octanol–water partition coefficient (Wildman–Crippen LogP) is 5.64. The number of hydrogen-bond acceptors (Lipinski definition) is 2. The van der Waals surface area contributed by atoms with E-state index in [9.17, 15) is 0 Å². The van der Waals surface area contributed by atoms with E-state index in [2.05, 4.69) is 78.3 Å². The Labute approximate surface area is 160 Å². The Hall–Kier alpha value is -1.16. The molecule has 0 saturated carbocycles. The molecule has 0 saturated heterocycles. The van der Waals surface area contributed by atoms with E-state index in [1.54, 1.807) is 14.2 Å². The van der Waals surface area contributed by atoms with Crippen LogP contribution in [0, 0.1) is 5.41 Å². The van der Waals surface area contributed by atoms with Gasteiger partial charge >= 0.3 is 0 Å². The van der Waals surface area contributed by atoms with Crippen LogP contribution in [0.1, 0.15) is 36.5 Å². The smallest absolute Gasteiger partial charge is 0.0547 e. The van der Waals surface area contributed by atoms with Crippen molar-refractivity contribution < 1.29 is 9.47 Å². The summed E-state index contributed by atoms with van der Waals surface area (Å²) in [6.07, 6.45) is 1.86. The van der Waals surface area contributed by atoms with Gasteiger partial charge in [0.15, 0.2) is 0 Å². The fourth-order valence-electron chi connectivity index (χ4n) is 3.41. The van der Waals surface area contributed by atoms with E-state index in [1.807, 2.05) is 0 Å². The summed E-state index contributed by atoms with van der Waals surface area (Å²) in [5.74, 6) is 0.555. The molecule has 0 bridgehead atoms. The summed E-state index contributed by atoms with van der Waals surface area (Å²) in [5, 5.41) is 0. The molecule has 2 nitrogen and oxygen atoms in total. The van der Waals surface area contributed by atoms with E-state index in [1.165, 1.54) is 16.7 Å². The van der Waals surface area contributed by atoms with E-state index < -0.39 is 0 Å². The van der Waals surface area contributed by atoms with Crippen LogP contribution in [0.2, 0.25) is 0 Å². The van der Waals surface area contributed by atoms with Gasteiger partial charge in [-0.3, -0.25) is 0 Å². The molecule has 136 valence electrons. The molecule has 0 atom stereocenters. The Bertz CT molecular complexity index is 626. The maximum atomic E-state index is 5.60. The van der Waals surface area contributed by atoms with Crippen LogP contribution in [0.5, 0.6) is 0 Å². The molecule has 0 aromatic heterocycles. The van der Waals surface area contributed by atoms with Crippen molar-refractivity contribution in [3.63, 3.8) is 0 Å². The molecule has 0 spiro atoms. The van der Waals surface area contributed by atoms with Gasteiger partial charge in [-0.05, 0) is 47.6 Å². The van der Waals surface area contributed by atoms with Crippen molar-refractivity contribution in [2.45, 2.75) is 32.6 Å². The first-order valence-corrected chi connectivity index (χ1v) is 9.58. The molecule has 0 unspecified atom stereocenters. The van der Waals surface area contributed by atoms with Crippen molar-refractivity contribution in [1.29, 1.82) is 0 Å². The average Bonchev–Trinajstić information content (AvgIpc) is 2.58. The molecule has 25 heavy (non-hydrogen) atoms. The largest absolute Gasteiger partial charge is 0.384 e. The summed E-state index contributed by atoms with van der Waals surface area (Å²) in [7, 11) is 3.54. The summed E-state index contributed by atoms with van der Waals surface area (Å²) < 4.78 is 12.3. The number of benzene rings is 2. The van der Waals surface area contributed by atoms with E-state index in [0.717, 1.165) is 17.3 Å². The number of ether oxygens (including phenoxy) is 2. The fraction of sp³-hybridized carbons (Fsp3) is 0.455. The Morgan fingerprint density at radius 2 is 1.24 bits per heavy atom. The number of halogens is 1. The lowest BCUT2D eigenvalue weighted by Gasteiger charge is -2.33. The van der Waals surface area contributed by atoms with E-state index >= 15 is 0 Å². The van der Waals surface area contributed by atoms with Crippen LogP contribution < -0.4 is 0 Å². The molecular weight excluding hydrogens is 376 g/mol. The third kappa shape index (κ3) is 5.95. The van der Waals surface area contributed by atoms with Crippen molar-refractivity contribution in [3.8, 4) is 0 Å². The summed E-state index contributed by atoms with van der Waals surface area (Å²) in [4.78, 5) is 0. The molecule has 2 aromatic rings. The highest BCUT2D eigenvalue weighted by molar-refractivity contribution is 9.10. The predicted molar refractivity (Wildman–Crippen MR) is 108 cm³/mol. The molecule has 0 aliphatic carbocycles. The van der Waals surface area contributed by atoms with Crippen LogP contribution in [-0.2, 0) is 22.3 Å². The van der Waals surface area contributed by atoms with Crippen molar-refractivity contribution in [2.75, 3.05) is 27.4 Å². The van der Waals surface area contributed by atoms with Gasteiger partial charge in [0.25, 0.3) is 0 Å². The molecule has 0 aliphatic rings. The minimum absolute atomic E-state index is 0.0727. The minimum atomic E-state index is -0.0727. The summed E-state index contributed by atoms with van der Waals surface area (Å²) >= 11 is 3.51. The van der Waals surface area contributed by atoms with Gasteiger partial charge in [-0.1, -0.05) is 66.2 Å². The third-order valence-electron chi connectivity index (χ3n) is 4.62. The Morgan fingerprint density at radius 1 is 0.800 bits per heavy atom. The first-order valence-electron chi connectivity index (χ1n) is 8.79. The lowest BCUT2D eigenvalue weighted by Crippen LogP contribution is -2.36. The quantitative estimate of drug-likeness (QED) is 0.538. The molecule has 2 aromatic carbocycles. The minimum Gasteiger partial charge on any atom is -0.384 e. The number of rotatable bonds is 9. The van der Waals surface area contributed by atoms with Crippen LogP contribution in [-0.4, -0.2) is 27.4 Å². The van der Waals surface area contributed by atoms with Gasteiger partial charge in [0, 0.05) is 24.1 Å². The Kier molecular flexibility index (Phi) is 7.67. The maximum absolute atomic E-state index is 5.60. The zero-order valence-electron chi connectivity index (χ0n) is 15.7. The molecule has 0 radical (unpaired) electrons. The average molecular weight is 405 g/mol. The van der Waals surface area contributed by atoms with Crippen LogP contribution in [0.3, 0.4) is 0 Å². The van der Waals surface area contributed by atoms with E-state index in [0.29, 0.717) is 19.1 Å². The van der Waals surface area contributed by atoms with Gasteiger partial charge in [0.05, 0.1) is 13.2 Å². The van der Waals surface area contributed by atoms with E-state index in [4.69, 9.17) is 9.47 Å². The maximum Gasteiger partial charge on any atom is 0.0547 e. The Balaban J connectivity index is 2.25. The summed E-state index contributed by atoms with van der Waals surface area (Å²) in [5.41, 5.74) is 3.93. The zero-order valence-corrected chi connectivity index (χ0v) is 17.3. The standard InChI is InChI=1S/C22H29BrO2/c1-17(2)20-9-5-18(6-10-20)13-22(15-24-3,16-25-4)14-19-7-11-21(23)12-8-19/h5-12,17H,13-16H2,1-4H3. The van der Waals surface area contributed by atoms with Crippen molar-refractivity contribution in [1.82, 2.24) is 0 Å². The number of methoxy groups -OCH3 is 2. The molecule has 0 amide bonds. The fourth-order valence-corrected chi connectivity index (χ4v) is 3.67. The highest BCUT2D eigenvalue weighted by Gasteiger charge is 2.31. The summed E-state index contributed by atoms with van der Waals surface area (Å²) in [6, 6.07) is 17.5. The lowest BCUT2D eigenvalue weighted by atomic mass is 9.77. The van der Waals surface area contributed by atoms with Gasteiger partial charge in [-0.15, -0.1) is 0 Å². The van der Waals surface area contributed by atoms with Crippen LogP contribution >= 0.6 is 15.9 Å². The number of hydrogen-bond donors (Lipinski definition) is 0. The van der Waals surface area contributed by atoms with Gasteiger partial charge in [-0.25, -0.2) is 0 Å². The van der Waals surface area contributed by atoms with Crippen molar-refractivity contribution in [2.24, 2.45) is 5.41 Å². The van der Waals surface area contributed by atoms with Crippen LogP contribution in [0.25, 0.3) is 0 Å².